The van der Waals surface area contributed by atoms with Gasteiger partial charge in [-0.05, 0) is 43.7 Å². The number of carbonyl (C=O) groups is 1. The molecule has 4 heteroatoms. The van der Waals surface area contributed by atoms with Crippen LogP contribution in [0.2, 0.25) is 5.02 Å². The number of aryl methyl sites for hydroxylation is 1. The Labute approximate surface area is 129 Å². The number of hydrogen-bond donors (Lipinski definition) is 1. The zero-order valence-corrected chi connectivity index (χ0v) is 12.9. The molecule has 21 heavy (non-hydrogen) atoms. The highest BCUT2D eigenvalue weighted by atomic mass is 35.5. The molecule has 2 aromatic rings. The van der Waals surface area contributed by atoms with E-state index >= 15 is 0 Å². The van der Waals surface area contributed by atoms with E-state index in [1.807, 2.05) is 62.4 Å². The number of hydrogen-bond acceptors (Lipinski definition) is 2. The van der Waals surface area contributed by atoms with Gasteiger partial charge in [0.05, 0.1) is 6.04 Å². The fourth-order valence-corrected chi connectivity index (χ4v) is 2.03. The third-order valence-electron chi connectivity index (χ3n) is 3.14. The van der Waals surface area contributed by atoms with Crippen LogP contribution in [0.25, 0.3) is 0 Å². The lowest BCUT2D eigenvalue weighted by Gasteiger charge is -2.15. The summed E-state index contributed by atoms with van der Waals surface area (Å²) in [4.78, 5) is 11.9. The van der Waals surface area contributed by atoms with Gasteiger partial charge in [-0.2, -0.15) is 0 Å². The number of benzene rings is 2. The van der Waals surface area contributed by atoms with Crippen LogP contribution in [0, 0.1) is 6.92 Å². The summed E-state index contributed by atoms with van der Waals surface area (Å²) in [5.74, 6) is 0.535. The predicted octanol–water partition coefficient (Wildman–Crippen LogP) is 3.90. The van der Waals surface area contributed by atoms with E-state index in [0.29, 0.717) is 10.8 Å². The quantitative estimate of drug-likeness (QED) is 0.909. The summed E-state index contributed by atoms with van der Waals surface area (Å²) in [6.07, 6.45) is 0. The van der Waals surface area contributed by atoms with Gasteiger partial charge in [0, 0.05) is 5.02 Å². The summed E-state index contributed by atoms with van der Waals surface area (Å²) in [5, 5.41) is 3.57. The van der Waals surface area contributed by atoms with Crippen molar-refractivity contribution in [2.75, 3.05) is 6.61 Å². The Hall–Kier alpha value is -2.00. The third kappa shape index (κ3) is 4.80. The molecule has 3 nitrogen and oxygen atoms in total. The number of halogens is 1. The first kappa shape index (κ1) is 15.4. The van der Waals surface area contributed by atoms with Gasteiger partial charge in [0.15, 0.2) is 6.61 Å². The Kier molecular flexibility index (Phi) is 5.23. The van der Waals surface area contributed by atoms with Crippen LogP contribution in [0.1, 0.15) is 24.1 Å². The number of ether oxygens (including phenoxy) is 1. The summed E-state index contributed by atoms with van der Waals surface area (Å²) >= 11 is 5.84. The van der Waals surface area contributed by atoms with Gasteiger partial charge < -0.3 is 10.1 Å². The van der Waals surface area contributed by atoms with Crippen LogP contribution in [0.3, 0.4) is 0 Å². The summed E-state index contributed by atoms with van der Waals surface area (Å²) in [6.45, 7) is 3.93. The summed E-state index contributed by atoms with van der Waals surface area (Å²) in [6, 6.07) is 14.9. The molecule has 0 saturated heterocycles. The molecule has 0 aromatic heterocycles. The Balaban J connectivity index is 1.83. The fourth-order valence-electron chi connectivity index (χ4n) is 1.90. The van der Waals surface area contributed by atoms with Gasteiger partial charge >= 0.3 is 0 Å². The highest BCUT2D eigenvalue weighted by molar-refractivity contribution is 6.30. The van der Waals surface area contributed by atoms with E-state index in [-0.39, 0.29) is 18.6 Å². The molecule has 0 aliphatic heterocycles. The molecule has 1 N–H and O–H groups in total. The second kappa shape index (κ2) is 7.14. The summed E-state index contributed by atoms with van der Waals surface area (Å²) in [7, 11) is 0. The van der Waals surface area contributed by atoms with E-state index < -0.39 is 0 Å². The molecule has 110 valence electrons. The molecule has 0 spiro atoms. The van der Waals surface area contributed by atoms with Crippen molar-refractivity contribution in [2.45, 2.75) is 19.9 Å². The molecule has 1 atom stereocenters. The van der Waals surface area contributed by atoms with Crippen LogP contribution >= 0.6 is 11.6 Å². The van der Waals surface area contributed by atoms with Crippen LogP contribution in [-0.2, 0) is 4.79 Å². The van der Waals surface area contributed by atoms with Gasteiger partial charge in [0.2, 0.25) is 0 Å². The van der Waals surface area contributed by atoms with Crippen molar-refractivity contribution in [1.82, 2.24) is 5.32 Å². The van der Waals surface area contributed by atoms with Crippen molar-refractivity contribution in [3.8, 4) is 5.75 Å². The standard InChI is InChI=1S/C17H18ClNO2/c1-12-3-9-16(10-4-12)21-11-17(20)19-13(2)14-5-7-15(18)8-6-14/h3-10,13H,11H2,1-2H3,(H,19,20). The van der Waals surface area contributed by atoms with Crippen LogP contribution in [-0.4, -0.2) is 12.5 Å². The third-order valence-corrected chi connectivity index (χ3v) is 3.39. The van der Waals surface area contributed by atoms with Crippen molar-refractivity contribution >= 4 is 17.5 Å². The van der Waals surface area contributed by atoms with Gasteiger partial charge in [-0.25, -0.2) is 0 Å². The molecule has 0 aliphatic carbocycles. The van der Waals surface area contributed by atoms with Crippen molar-refractivity contribution in [3.63, 3.8) is 0 Å². The fraction of sp³-hybridized carbons (Fsp3) is 0.235. The lowest BCUT2D eigenvalue weighted by atomic mass is 10.1. The first-order valence-corrected chi connectivity index (χ1v) is 7.16. The maximum absolute atomic E-state index is 11.9. The lowest BCUT2D eigenvalue weighted by molar-refractivity contribution is -0.123. The van der Waals surface area contributed by atoms with Crippen LogP contribution in [0.15, 0.2) is 48.5 Å². The highest BCUT2D eigenvalue weighted by Crippen LogP contribution is 2.16. The second-order valence-corrected chi connectivity index (χ2v) is 5.38. The molecule has 0 radical (unpaired) electrons. The van der Waals surface area contributed by atoms with E-state index in [2.05, 4.69) is 5.32 Å². The molecular weight excluding hydrogens is 286 g/mol. The van der Waals surface area contributed by atoms with E-state index in [9.17, 15) is 4.79 Å². The van der Waals surface area contributed by atoms with Gasteiger partial charge in [0.25, 0.3) is 5.91 Å². The van der Waals surface area contributed by atoms with E-state index in [1.54, 1.807) is 0 Å². The zero-order chi connectivity index (χ0) is 15.2. The van der Waals surface area contributed by atoms with Crippen molar-refractivity contribution < 1.29 is 9.53 Å². The van der Waals surface area contributed by atoms with Gasteiger partial charge in [-0.1, -0.05) is 41.4 Å². The largest absolute Gasteiger partial charge is 0.484 e. The van der Waals surface area contributed by atoms with E-state index in [4.69, 9.17) is 16.3 Å². The molecule has 0 bridgehead atoms. The Bertz CT molecular complexity index is 593. The average Bonchev–Trinajstić information content (AvgIpc) is 2.47. The molecular formula is C17H18ClNO2. The SMILES string of the molecule is Cc1ccc(OCC(=O)NC(C)c2ccc(Cl)cc2)cc1. The number of amides is 1. The van der Waals surface area contributed by atoms with Crippen molar-refractivity contribution in [3.05, 3.63) is 64.7 Å². The normalized spacial score (nSPS) is 11.8. The monoisotopic (exact) mass is 303 g/mol. The molecule has 0 saturated carbocycles. The van der Waals surface area contributed by atoms with Gasteiger partial charge in [-0.3, -0.25) is 4.79 Å². The molecule has 2 aromatic carbocycles. The van der Waals surface area contributed by atoms with Gasteiger partial charge in [-0.15, -0.1) is 0 Å². The Morgan fingerprint density at radius 2 is 1.76 bits per heavy atom. The topological polar surface area (TPSA) is 38.3 Å². The Morgan fingerprint density at radius 1 is 1.14 bits per heavy atom. The van der Waals surface area contributed by atoms with Crippen LogP contribution < -0.4 is 10.1 Å². The summed E-state index contributed by atoms with van der Waals surface area (Å²) < 4.78 is 5.45. The van der Waals surface area contributed by atoms with E-state index in [1.165, 1.54) is 0 Å². The second-order valence-electron chi connectivity index (χ2n) is 4.94. The summed E-state index contributed by atoms with van der Waals surface area (Å²) in [5.41, 5.74) is 2.16. The molecule has 1 amide bonds. The van der Waals surface area contributed by atoms with Gasteiger partial charge in [0.1, 0.15) is 5.75 Å². The molecule has 2 rings (SSSR count). The minimum absolute atomic E-state index is 0.000983. The maximum Gasteiger partial charge on any atom is 0.258 e. The molecule has 0 heterocycles. The number of nitrogens with one attached hydrogen (secondary N) is 1. The van der Waals surface area contributed by atoms with Crippen molar-refractivity contribution in [1.29, 1.82) is 0 Å². The first-order valence-electron chi connectivity index (χ1n) is 6.79. The predicted molar refractivity (Wildman–Crippen MR) is 84.7 cm³/mol. The average molecular weight is 304 g/mol. The van der Waals surface area contributed by atoms with E-state index in [0.717, 1.165) is 11.1 Å². The Morgan fingerprint density at radius 3 is 2.38 bits per heavy atom. The number of rotatable bonds is 5. The first-order chi connectivity index (χ1) is 10.0. The van der Waals surface area contributed by atoms with Crippen LogP contribution in [0.4, 0.5) is 0 Å². The van der Waals surface area contributed by atoms with Crippen molar-refractivity contribution in [2.24, 2.45) is 0 Å². The zero-order valence-electron chi connectivity index (χ0n) is 12.1. The van der Waals surface area contributed by atoms with Crippen LogP contribution in [0.5, 0.6) is 5.75 Å². The molecule has 0 fully saturated rings. The minimum atomic E-state index is -0.155. The number of carbonyl (C=O) groups excluding carboxylic acids is 1. The smallest absolute Gasteiger partial charge is 0.258 e. The minimum Gasteiger partial charge on any atom is -0.484 e. The lowest BCUT2D eigenvalue weighted by Crippen LogP contribution is -2.31. The maximum atomic E-state index is 11.9. The highest BCUT2D eigenvalue weighted by Gasteiger charge is 2.10. The molecule has 1 unspecified atom stereocenters. The molecule has 0 aliphatic rings.